The Morgan fingerprint density at radius 3 is 2.52 bits per heavy atom. The molecule has 0 saturated carbocycles. The van der Waals surface area contributed by atoms with E-state index in [4.69, 9.17) is 5.73 Å². The number of nitrogens with two attached hydrogens (primary N) is 1. The van der Waals surface area contributed by atoms with E-state index in [1.807, 2.05) is 36.4 Å². The number of hydrogen-bond donors (Lipinski definition) is 1. The zero-order valence-corrected chi connectivity index (χ0v) is 13.9. The molecule has 0 saturated heterocycles. The number of carbonyl (C=O) groups excluding carboxylic acids is 2. The number of nitro benzene ring substituents is 1. The molecule has 7 nitrogen and oxygen atoms in total. The van der Waals surface area contributed by atoms with Crippen LogP contribution in [0.25, 0.3) is 0 Å². The highest BCUT2D eigenvalue weighted by molar-refractivity contribution is 14.1. The first-order valence-electron chi connectivity index (χ1n) is 6.24. The number of non-ortho nitro benzene ring substituents is 1. The number of amides is 2. The topological polar surface area (TPSA) is 107 Å². The summed E-state index contributed by atoms with van der Waals surface area (Å²) in [7, 11) is 0. The lowest BCUT2D eigenvalue weighted by molar-refractivity contribution is -0.384. The monoisotopic (exact) mass is 405 g/mol. The average Bonchev–Trinajstić information content (AvgIpc) is 2.36. The molecular weight excluding hydrogens is 389 g/mol. The maximum Gasteiger partial charge on any atom is 0.270 e. The lowest BCUT2D eigenvalue weighted by Crippen LogP contribution is -2.40. The Morgan fingerprint density at radius 1 is 1.43 bits per heavy atom. The fourth-order valence-corrected chi connectivity index (χ4v) is 2.38. The van der Waals surface area contributed by atoms with Crippen molar-refractivity contribution in [3.8, 4) is 0 Å². The van der Waals surface area contributed by atoms with Crippen molar-refractivity contribution >= 4 is 40.1 Å². The van der Waals surface area contributed by atoms with Crippen molar-refractivity contribution in [1.29, 1.82) is 0 Å². The molecule has 0 radical (unpaired) electrons. The molecule has 0 aliphatic heterocycles. The summed E-state index contributed by atoms with van der Waals surface area (Å²) in [5.41, 5.74) is 5.19. The summed E-state index contributed by atoms with van der Waals surface area (Å²) in [6.45, 7) is 3.94. The molecule has 2 amide bonds. The maximum absolute atomic E-state index is 12.5. The minimum absolute atomic E-state index is 0.143. The fraction of sp³-hybridized carbons (Fsp3) is 0.385. The Kier molecular flexibility index (Phi) is 6.06. The molecule has 1 rings (SSSR count). The molecule has 114 valence electrons. The number of rotatable bonds is 6. The van der Waals surface area contributed by atoms with Crippen molar-refractivity contribution in [2.24, 2.45) is 11.7 Å². The van der Waals surface area contributed by atoms with Crippen LogP contribution < -0.4 is 5.73 Å². The van der Waals surface area contributed by atoms with Crippen LogP contribution in [0.1, 0.15) is 24.2 Å². The normalized spacial score (nSPS) is 10.5. The third kappa shape index (κ3) is 4.96. The first kappa shape index (κ1) is 17.3. The quantitative estimate of drug-likeness (QED) is 0.442. The number of nitro groups is 1. The average molecular weight is 405 g/mol. The van der Waals surface area contributed by atoms with E-state index >= 15 is 0 Å². The van der Waals surface area contributed by atoms with Gasteiger partial charge in [0.15, 0.2) is 0 Å². The highest BCUT2D eigenvalue weighted by atomic mass is 127. The van der Waals surface area contributed by atoms with Crippen molar-refractivity contribution < 1.29 is 14.5 Å². The van der Waals surface area contributed by atoms with Crippen LogP contribution in [-0.4, -0.2) is 34.7 Å². The molecule has 8 heteroatoms. The Labute approximate surface area is 135 Å². The van der Waals surface area contributed by atoms with Crippen molar-refractivity contribution in [2.45, 2.75) is 13.8 Å². The summed E-state index contributed by atoms with van der Waals surface area (Å²) in [4.78, 5) is 35.2. The number of halogens is 1. The molecule has 1 aromatic rings. The second-order valence-corrected chi connectivity index (χ2v) is 6.13. The summed E-state index contributed by atoms with van der Waals surface area (Å²) in [6, 6.07) is 4.06. The van der Waals surface area contributed by atoms with E-state index in [1.165, 1.54) is 23.1 Å². The molecule has 0 fully saturated rings. The smallest absolute Gasteiger partial charge is 0.270 e. The third-order valence-corrected chi connectivity index (χ3v) is 3.55. The van der Waals surface area contributed by atoms with Crippen LogP contribution in [0.4, 0.5) is 5.69 Å². The Balaban J connectivity index is 3.15. The van der Waals surface area contributed by atoms with Gasteiger partial charge in [0.05, 0.1) is 17.0 Å². The molecule has 0 heterocycles. The fourth-order valence-electron chi connectivity index (χ4n) is 1.81. The van der Waals surface area contributed by atoms with E-state index in [-0.39, 0.29) is 23.7 Å². The summed E-state index contributed by atoms with van der Waals surface area (Å²) in [5.74, 6) is -0.912. The number of primary amides is 1. The molecule has 0 aromatic heterocycles. The van der Waals surface area contributed by atoms with Gasteiger partial charge < -0.3 is 10.6 Å². The first-order valence-corrected chi connectivity index (χ1v) is 7.31. The van der Waals surface area contributed by atoms with Crippen molar-refractivity contribution in [2.75, 3.05) is 13.1 Å². The van der Waals surface area contributed by atoms with E-state index < -0.39 is 16.7 Å². The van der Waals surface area contributed by atoms with Gasteiger partial charge in [0.25, 0.3) is 11.6 Å². The molecule has 0 bridgehead atoms. The third-order valence-electron chi connectivity index (χ3n) is 2.61. The molecule has 21 heavy (non-hydrogen) atoms. The molecular formula is C13H16IN3O4. The molecule has 1 aromatic carbocycles. The zero-order valence-electron chi connectivity index (χ0n) is 11.7. The van der Waals surface area contributed by atoms with Gasteiger partial charge in [0.1, 0.15) is 0 Å². The van der Waals surface area contributed by atoms with Gasteiger partial charge in [-0.15, -0.1) is 0 Å². The Bertz CT molecular complexity index is 575. The van der Waals surface area contributed by atoms with Crippen molar-refractivity contribution in [3.63, 3.8) is 0 Å². The number of benzene rings is 1. The van der Waals surface area contributed by atoms with Gasteiger partial charge in [-0.1, -0.05) is 13.8 Å². The zero-order chi connectivity index (χ0) is 16.2. The number of nitrogens with zero attached hydrogens (tertiary/aromatic N) is 2. The SMILES string of the molecule is CC(C)CN(CC(N)=O)C(=O)c1cc([N+](=O)[O-])ccc1I. The minimum Gasteiger partial charge on any atom is -0.368 e. The number of carbonyl (C=O) groups is 2. The van der Waals surface area contributed by atoms with Gasteiger partial charge in [-0.25, -0.2) is 0 Å². The van der Waals surface area contributed by atoms with Crippen LogP contribution in [0.2, 0.25) is 0 Å². The predicted molar refractivity (Wildman–Crippen MR) is 85.7 cm³/mol. The Morgan fingerprint density at radius 2 is 2.05 bits per heavy atom. The van der Waals surface area contributed by atoms with Crippen LogP contribution >= 0.6 is 22.6 Å². The lowest BCUT2D eigenvalue weighted by atomic mass is 10.1. The van der Waals surface area contributed by atoms with Gasteiger partial charge in [0, 0.05) is 22.2 Å². The summed E-state index contributed by atoms with van der Waals surface area (Å²) >= 11 is 1.93. The predicted octanol–water partition coefficient (Wildman–Crippen LogP) is 1.78. The Hall–Kier alpha value is -1.71. The molecule has 2 N–H and O–H groups in total. The molecule has 0 spiro atoms. The van der Waals surface area contributed by atoms with Crippen LogP contribution in [-0.2, 0) is 4.79 Å². The van der Waals surface area contributed by atoms with E-state index in [9.17, 15) is 19.7 Å². The van der Waals surface area contributed by atoms with E-state index in [1.54, 1.807) is 0 Å². The number of hydrogen-bond acceptors (Lipinski definition) is 4. The first-order chi connectivity index (χ1) is 9.72. The summed E-state index contributed by atoms with van der Waals surface area (Å²) in [6.07, 6.45) is 0. The standard InChI is InChI=1S/C13H16IN3O4/c1-8(2)6-16(7-12(15)18)13(19)10-5-9(17(20)21)3-4-11(10)14/h3-5,8H,6-7H2,1-2H3,(H2,15,18). The van der Waals surface area contributed by atoms with Gasteiger partial charge in [-0.05, 0) is 34.6 Å². The van der Waals surface area contributed by atoms with Gasteiger partial charge in [-0.2, -0.15) is 0 Å². The van der Waals surface area contributed by atoms with Crippen LogP contribution in [0.3, 0.4) is 0 Å². The maximum atomic E-state index is 12.5. The van der Waals surface area contributed by atoms with Gasteiger partial charge in [0.2, 0.25) is 5.91 Å². The van der Waals surface area contributed by atoms with Crippen LogP contribution in [0.5, 0.6) is 0 Å². The second kappa shape index (κ2) is 7.34. The van der Waals surface area contributed by atoms with E-state index in [2.05, 4.69) is 0 Å². The highest BCUT2D eigenvalue weighted by Gasteiger charge is 2.22. The molecule has 0 unspecified atom stereocenters. The lowest BCUT2D eigenvalue weighted by Gasteiger charge is -2.23. The van der Waals surface area contributed by atoms with Crippen LogP contribution in [0, 0.1) is 19.6 Å². The summed E-state index contributed by atoms with van der Waals surface area (Å²) < 4.78 is 0.585. The van der Waals surface area contributed by atoms with Crippen molar-refractivity contribution in [3.05, 3.63) is 37.4 Å². The molecule has 0 aliphatic rings. The molecule has 0 atom stereocenters. The van der Waals surface area contributed by atoms with Gasteiger partial charge >= 0.3 is 0 Å². The van der Waals surface area contributed by atoms with Crippen LogP contribution in [0.15, 0.2) is 18.2 Å². The highest BCUT2D eigenvalue weighted by Crippen LogP contribution is 2.21. The minimum atomic E-state index is -0.621. The second-order valence-electron chi connectivity index (χ2n) is 4.97. The van der Waals surface area contributed by atoms with E-state index in [0.29, 0.717) is 10.1 Å². The van der Waals surface area contributed by atoms with Gasteiger partial charge in [-0.3, -0.25) is 19.7 Å². The largest absolute Gasteiger partial charge is 0.368 e. The summed E-state index contributed by atoms with van der Waals surface area (Å²) in [5, 5.41) is 10.8. The molecule has 0 aliphatic carbocycles. The van der Waals surface area contributed by atoms with Crippen molar-refractivity contribution in [1.82, 2.24) is 4.90 Å². The van der Waals surface area contributed by atoms with E-state index in [0.717, 1.165) is 0 Å².